The minimum atomic E-state index is -0.699. The molecule has 0 aromatic carbocycles. The first-order valence-corrected chi connectivity index (χ1v) is 9.19. The molecule has 0 atom stereocenters. The summed E-state index contributed by atoms with van der Waals surface area (Å²) in [5.74, 6) is 0.0506. The highest BCUT2D eigenvalue weighted by Gasteiger charge is 2.36. The van der Waals surface area contributed by atoms with E-state index in [9.17, 15) is 4.79 Å². The Labute approximate surface area is 137 Å². The number of hydrogen-bond donors (Lipinski definition) is 2. The molecule has 0 aliphatic heterocycles. The van der Waals surface area contributed by atoms with Crippen LogP contribution in [-0.4, -0.2) is 41.1 Å². The molecule has 4 nitrogen and oxygen atoms in total. The third-order valence-corrected chi connectivity index (χ3v) is 5.93. The van der Waals surface area contributed by atoms with Crippen molar-refractivity contribution in [3.63, 3.8) is 0 Å². The van der Waals surface area contributed by atoms with Gasteiger partial charge in [-0.1, -0.05) is 0 Å². The maximum Gasteiger partial charge on any atom is 0.317 e. The first-order valence-electron chi connectivity index (χ1n) is 7.52. The molecule has 1 aromatic rings. The van der Waals surface area contributed by atoms with Gasteiger partial charge < -0.3 is 10.4 Å². The summed E-state index contributed by atoms with van der Waals surface area (Å²) in [7, 11) is 0. The summed E-state index contributed by atoms with van der Waals surface area (Å²) in [5, 5.41) is 14.8. The number of nitrogens with one attached hydrogen (secondary N) is 1. The molecular weight excluding hydrogens is 352 g/mol. The van der Waals surface area contributed by atoms with Crippen LogP contribution < -0.4 is 5.32 Å². The van der Waals surface area contributed by atoms with Crippen molar-refractivity contribution < 1.29 is 9.90 Å². The highest BCUT2D eigenvalue weighted by Crippen LogP contribution is 2.34. The standard InChI is InChI=1S/C15H21BrN2O2S/c16-14-3-11(9-21-14)6-17-12-4-13(5-12)18(8-15(19)20)7-10-1-2-10/h3,9-10,12-13,17H,1-2,4-8H2,(H,19,20). The average Bonchev–Trinajstić information content (AvgIpc) is 3.07. The maximum absolute atomic E-state index is 11.0. The molecule has 0 unspecified atom stereocenters. The van der Waals surface area contributed by atoms with E-state index in [1.807, 2.05) is 0 Å². The first-order chi connectivity index (χ1) is 10.1. The normalized spacial score (nSPS) is 25.0. The van der Waals surface area contributed by atoms with Gasteiger partial charge in [0.05, 0.1) is 10.3 Å². The van der Waals surface area contributed by atoms with Gasteiger partial charge >= 0.3 is 5.97 Å². The number of carboxylic acid groups (broad SMARTS) is 1. The lowest BCUT2D eigenvalue weighted by Gasteiger charge is -2.43. The summed E-state index contributed by atoms with van der Waals surface area (Å²) in [4.78, 5) is 13.2. The molecule has 116 valence electrons. The van der Waals surface area contributed by atoms with Gasteiger partial charge in [-0.05, 0) is 64.5 Å². The van der Waals surface area contributed by atoms with Gasteiger partial charge in [-0.25, -0.2) is 0 Å². The van der Waals surface area contributed by atoms with Gasteiger partial charge in [0.1, 0.15) is 0 Å². The Morgan fingerprint density at radius 3 is 2.81 bits per heavy atom. The Balaban J connectivity index is 1.41. The molecule has 0 saturated heterocycles. The van der Waals surface area contributed by atoms with Crippen molar-refractivity contribution in [1.29, 1.82) is 0 Å². The topological polar surface area (TPSA) is 52.6 Å². The molecule has 0 amide bonds. The largest absolute Gasteiger partial charge is 0.480 e. The van der Waals surface area contributed by atoms with Gasteiger partial charge in [0.25, 0.3) is 0 Å². The summed E-state index contributed by atoms with van der Waals surface area (Å²) in [6.45, 7) is 2.08. The average molecular weight is 373 g/mol. The third kappa shape index (κ3) is 4.52. The third-order valence-electron chi connectivity index (χ3n) is 4.37. The summed E-state index contributed by atoms with van der Waals surface area (Å²) < 4.78 is 1.17. The lowest BCUT2D eigenvalue weighted by molar-refractivity contribution is -0.139. The van der Waals surface area contributed by atoms with E-state index in [-0.39, 0.29) is 6.54 Å². The lowest BCUT2D eigenvalue weighted by atomic mass is 9.85. The molecule has 1 heterocycles. The number of aliphatic carboxylic acids is 1. The fraction of sp³-hybridized carbons (Fsp3) is 0.667. The molecule has 2 saturated carbocycles. The molecule has 2 aliphatic rings. The Bertz CT molecular complexity index is 498. The smallest absolute Gasteiger partial charge is 0.317 e. The summed E-state index contributed by atoms with van der Waals surface area (Å²) in [6, 6.07) is 3.13. The number of hydrogen-bond acceptors (Lipinski definition) is 4. The van der Waals surface area contributed by atoms with Crippen molar-refractivity contribution in [2.45, 2.75) is 44.3 Å². The molecular formula is C15H21BrN2O2S. The number of carboxylic acids is 1. The van der Waals surface area contributed by atoms with E-state index in [2.05, 4.69) is 37.6 Å². The predicted molar refractivity (Wildman–Crippen MR) is 87.6 cm³/mol. The zero-order chi connectivity index (χ0) is 14.8. The second-order valence-corrected chi connectivity index (χ2v) is 8.52. The van der Waals surface area contributed by atoms with E-state index in [0.717, 1.165) is 31.8 Å². The molecule has 1 aromatic heterocycles. The van der Waals surface area contributed by atoms with E-state index in [1.54, 1.807) is 11.3 Å². The molecule has 3 rings (SSSR count). The minimum Gasteiger partial charge on any atom is -0.480 e. The van der Waals surface area contributed by atoms with Crippen molar-refractivity contribution in [3.05, 3.63) is 20.8 Å². The monoisotopic (exact) mass is 372 g/mol. The van der Waals surface area contributed by atoms with Crippen LogP contribution in [0.15, 0.2) is 15.2 Å². The molecule has 2 aliphatic carbocycles. The number of carbonyl (C=O) groups is 1. The van der Waals surface area contributed by atoms with Gasteiger partial charge in [0.2, 0.25) is 0 Å². The Hall–Kier alpha value is -0.430. The van der Waals surface area contributed by atoms with Crippen LogP contribution in [0.2, 0.25) is 0 Å². The SMILES string of the molecule is O=C(O)CN(CC1CC1)C1CC(NCc2csc(Br)c2)C1. The predicted octanol–water partition coefficient (Wildman–Crippen LogP) is 2.93. The zero-order valence-corrected chi connectivity index (χ0v) is 14.3. The van der Waals surface area contributed by atoms with E-state index >= 15 is 0 Å². The van der Waals surface area contributed by atoms with Crippen LogP contribution in [-0.2, 0) is 11.3 Å². The molecule has 2 N–H and O–H groups in total. The Morgan fingerprint density at radius 1 is 1.48 bits per heavy atom. The minimum absolute atomic E-state index is 0.200. The molecule has 6 heteroatoms. The van der Waals surface area contributed by atoms with Gasteiger partial charge in [-0.15, -0.1) is 11.3 Å². The van der Waals surface area contributed by atoms with Gasteiger partial charge in [0.15, 0.2) is 0 Å². The number of nitrogens with zero attached hydrogens (tertiary/aromatic N) is 1. The van der Waals surface area contributed by atoms with Crippen molar-refractivity contribution in [2.24, 2.45) is 5.92 Å². The summed E-state index contributed by atoms with van der Waals surface area (Å²) in [5.41, 5.74) is 1.32. The van der Waals surface area contributed by atoms with E-state index in [1.165, 1.54) is 22.2 Å². The second kappa shape index (κ2) is 6.77. The number of thiophene rings is 1. The highest BCUT2D eigenvalue weighted by atomic mass is 79.9. The molecule has 21 heavy (non-hydrogen) atoms. The van der Waals surface area contributed by atoms with Crippen LogP contribution in [0.4, 0.5) is 0 Å². The Morgan fingerprint density at radius 2 is 2.24 bits per heavy atom. The first kappa shape index (κ1) is 15.5. The van der Waals surface area contributed by atoms with Gasteiger partial charge in [0, 0.05) is 25.2 Å². The van der Waals surface area contributed by atoms with Crippen LogP contribution >= 0.6 is 27.3 Å². The van der Waals surface area contributed by atoms with E-state index < -0.39 is 5.97 Å². The zero-order valence-electron chi connectivity index (χ0n) is 11.9. The van der Waals surface area contributed by atoms with E-state index in [4.69, 9.17) is 5.11 Å². The Kier molecular flexibility index (Phi) is 4.99. The molecule has 0 bridgehead atoms. The van der Waals surface area contributed by atoms with Crippen LogP contribution in [0, 0.1) is 5.92 Å². The number of halogens is 1. The lowest BCUT2D eigenvalue weighted by Crippen LogP contribution is -2.54. The van der Waals surface area contributed by atoms with Crippen LogP contribution in [0.3, 0.4) is 0 Å². The maximum atomic E-state index is 11.0. The van der Waals surface area contributed by atoms with Crippen molar-refractivity contribution in [1.82, 2.24) is 10.2 Å². The van der Waals surface area contributed by atoms with E-state index in [0.29, 0.717) is 12.1 Å². The molecule has 0 spiro atoms. The van der Waals surface area contributed by atoms with Crippen LogP contribution in [0.1, 0.15) is 31.2 Å². The summed E-state index contributed by atoms with van der Waals surface area (Å²) in [6.07, 6.45) is 4.70. The second-order valence-electron chi connectivity index (χ2n) is 6.23. The summed E-state index contributed by atoms with van der Waals surface area (Å²) >= 11 is 5.19. The quantitative estimate of drug-likeness (QED) is 0.736. The number of rotatable bonds is 8. The fourth-order valence-corrected chi connectivity index (χ4v) is 4.11. The highest BCUT2D eigenvalue weighted by molar-refractivity contribution is 9.11. The van der Waals surface area contributed by atoms with Crippen molar-refractivity contribution in [2.75, 3.05) is 13.1 Å². The molecule has 0 radical (unpaired) electrons. The van der Waals surface area contributed by atoms with Crippen LogP contribution in [0.25, 0.3) is 0 Å². The molecule has 2 fully saturated rings. The van der Waals surface area contributed by atoms with Crippen LogP contribution in [0.5, 0.6) is 0 Å². The fourth-order valence-electron chi connectivity index (χ4n) is 2.90. The van der Waals surface area contributed by atoms with Gasteiger partial charge in [-0.2, -0.15) is 0 Å². The van der Waals surface area contributed by atoms with Crippen molar-refractivity contribution in [3.8, 4) is 0 Å². The van der Waals surface area contributed by atoms with Crippen molar-refractivity contribution >= 4 is 33.2 Å². The van der Waals surface area contributed by atoms with Gasteiger partial charge in [-0.3, -0.25) is 9.69 Å².